The fourth-order valence-electron chi connectivity index (χ4n) is 2.55. The van der Waals surface area contributed by atoms with Gasteiger partial charge >= 0.3 is 0 Å². The third kappa shape index (κ3) is 2.75. The van der Waals surface area contributed by atoms with E-state index in [0.29, 0.717) is 5.75 Å². The molecule has 2 nitrogen and oxygen atoms in total. The fraction of sp³-hybridized carbons (Fsp3) is 0.333. The van der Waals surface area contributed by atoms with Crippen LogP contribution in [0.25, 0.3) is 0 Å². The summed E-state index contributed by atoms with van der Waals surface area (Å²) in [6, 6.07) is 7.07. The van der Waals surface area contributed by atoms with E-state index in [0.717, 1.165) is 27.9 Å². The fourth-order valence-corrected chi connectivity index (χ4v) is 4.04. The molecule has 1 aliphatic heterocycles. The van der Waals surface area contributed by atoms with Gasteiger partial charge < -0.3 is 10.1 Å². The van der Waals surface area contributed by atoms with Crippen LogP contribution in [-0.2, 0) is 0 Å². The van der Waals surface area contributed by atoms with Crippen molar-refractivity contribution < 1.29 is 9.13 Å². The molecule has 0 spiro atoms. The van der Waals surface area contributed by atoms with Crippen LogP contribution >= 0.6 is 27.3 Å². The van der Waals surface area contributed by atoms with E-state index in [1.165, 1.54) is 12.1 Å². The standard InChI is InChI=1S/C15H15BrFNOS/c1-2-18-12-7-14(15-5-9(16)8-20-15)19-13-6-10(17)3-4-11(12)13/h3-6,8,12,14,18H,2,7H2,1H3. The molecule has 0 amide bonds. The van der Waals surface area contributed by atoms with Crippen LogP contribution in [0.1, 0.15) is 35.9 Å². The van der Waals surface area contributed by atoms with Crippen molar-refractivity contribution >= 4 is 27.3 Å². The number of hydrogen-bond donors (Lipinski definition) is 1. The van der Waals surface area contributed by atoms with E-state index in [4.69, 9.17) is 4.74 Å². The monoisotopic (exact) mass is 355 g/mol. The van der Waals surface area contributed by atoms with E-state index in [-0.39, 0.29) is 18.0 Å². The van der Waals surface area contributed by atoms with Crippen molar-refractivity contribution in [2.24, 2.45) is 0 Å². The Labute approximate surface area is 130 Å². The maximum atomic E-state index is 13.4. The third-order valence-electron chi connectivity index (χ3n) is 3.43. The summed E-state index contributed by atoms with van der Waals surface area (Å²) < 4.78 is 20.5. The van der Waals surface area contributed by atoms with E-state index in [2.05, 4.69) is 34.2 Å². The topological polar surface area (TPSA) is 21.3 Å². The summed E-state index contributed by atoms with van der Waals surface area (Å²) in [7, 11) is 0. The van der Waals surface area contributed by atoms with Gasteiger partial charge in [0.15, 0.2) is 0 Å². The SMILES string of the molecule is CCNC1CC(c2cc(Br)cs2)Oc2cc(F)ccc21. The second-order valence-electron chi connectivity index (χ2n) is 4.80. The first kappa shape index (κ1) is 14.0. The quantitative estimate of drug-likeness (QED) is 0.851. The highest BCUT2D eigenvalue weighted by atomic mass is 79.9. The molecule has 0 aliphatic carbocycles. The molecule has 3 rings (SSSR count). The normalized spacial score (nSPS) is 21.4. The van der Waals surface area contributed by atoms with E-state index in [9.17, 15) is 4.39 Å². The van der Waals surface area contributed by atoms with Crippen LogP contribution in [0.15, 0.2) is 34.1 Å². The molecule has 1 aliphatic rings. The summed E-state index contributed by atoms with van der Waals surface area (Å²) in [5, 5.41) is 5.50. The van der Waals surface area contributed by atoms with Crippen LogP contribution in [0.4, 0.5) is 4.39 Å². The van der Waals surface area contributed by atoms with Gasteiger partial charge in [-0.05, 0) is 34.6 Å². The smallest absolute Gasteiger partial charge is 0.135 e. The molecule has 106 valence electrons. The predicted molar refractivity (Wildman–Crippen MR) is 82.8 cm³/mol. The lowest BCUT2D eigenvalue weighted by Gasteiger charge is -2.32. The highest BCUT2D eigenvalue weighted by molar-refractivity contribution is 9.10. The van der Waals surface area contributed by atoms with Crippen LogP contribution in [0.5, 0.6) is 5.75 Å². The molecule has 0 bridgehead atoms. The van der Waals surface area contributed by atoms with Crippen LogP contribution in [0.2, 0.25) is 0 Å². The molecule has 0 saturated carbocycles. The molecule has 0 saturated heterocycles. The Morgan fingerprint density at radius 3 is 3.00 bits per heavy atom. The molecule has 0 fully saturated rings. The molecule has 2 heterocycles. The number of halogens is 2. The lowest BCUT2D eigenvalue weighted by atomic mass is 9.95. The molecule has 2 unspecified atom stereocenters. The summed E-state index contributed by atoms with van der Waals surface area (Å²) in [4.78, 5) is 1.16. The van der Waals surface area contributed by atoms with Crippen LogP contribution in [0, 0.1) is 5.82 Å². The Morgan fingerprint density at radius 2 is 2.30 bits per heavy atom. The van der Waals surface area contributed by atoms with Crippen molar-refractivity contribution in [3.05, 3.63) is 50.4 Å². The van der Waals surface area contributed by atoms with Crippen molar-refractivity contribution in [3.8, 4) is 5.75 Å². The number of ether oxygens (including phenoxy) is 1. The Kier molecular flexibility index (Phi) is 4.10. The minimum Gasteiger partial charge on any atom is -0.484 e. The lowest BCUT2D eigenvalue weighted by molar-refractivity contribution is 0.154. The number of hydrogen-bond acceptors (Lipinski definition) is 3. The average molecular weight is 356 g/mol. The van der Waals surface area contributed by atoms with Crippen molar-refractivity contribution in [1.82, 2.24) is 5.32 Å². The molecule has 5 heteroatoms. The molecular formula is C15H15BrFNOS. The summed E-state index contributed by atoms with van der Waals surface area (Å²) in [5.41, 5.74) is 1.04. The minimum atomic E-state index is -0.257. The molecule has 1 aromatic heterocycles. The second-order valence-corrected chi connectivity index (χ2v) is 6.66. The van der Waals surface area contributed by atoms with Crippen LogP contribution < -0.4 is 10.1 Å². The second kappa shape index (κ2) is 5.84. The van der Waals surface area contributed by atoms with E-state index in [1.54, 1.807) is 11.3 Å². The molecule has 1 aromatic carbocycles. The largest absolute Gasteiger partial charge is 0.484 e. The lowest BCUT2D eigenvalue weighted by Crippen LogP contribution is -2.28. The van der Waals surface area contributed by atoms with Gasteiger partial charge in [0.25, 0.3) is 0 Å². The van der Waals surface area contributed by atoms with Gasteiger partial charge in [-0.15, -0.1) is 11.3 Å². The van der Waals surface area contributed by atoms with Crippen molar-refractivity contribution in [1.29, 1.82) is 0 Å². The Balaban J connectivity index is 1.94. The van der Waals surface area contributed by atoms with E-state index >= 15 is 0 Å². The molecule has 2 aromatic rings. The first-order valence-electron chi connectivity index (χ1n) is 6.60. The summed E-state index contributed by atoms with van der Waals surface area (Å²) in [6.45, 7) is 2.96. The van der Waals surface area contributed by atoms with Gasteiger partial charge in [-0.1, -0.05) is 13.0 Å². The third-order valence-corrected chi connectivity index (χ3v) is 5.21. The van der Waals surface area contributed by atoms with E-state index < -0.39 is 0 Å². The maximum absolute atomic E-state index is 13.4. The number of fused-ring (bicyclic) bond motifs is 1. The van der Waals surface area contributed by atoms with Gasteiger partial charge in [-0.25, -0.2) is 4.39 Å². The van der Waals surface area contributed by atoms with Gasteiger partial charge in [0.1, 0.15) is 17.7 Å². The number of benzene rings is 1. The van der Waals surface area contributed by atoms with Crippen molar-refractivity contribution in [3.63, 3.8) is 0 Å². The number of nitrogens with one attached hydrogen (secondary N) is 1. The Hall–Kier alpha value is -0.910. The van der Waals surface area contributed by atoms with Gasteiger partial charge in [0.2, 0.25) is 0 Å². The van der Waals surface area contributed by atoms with Crippen LogP contribution in [-0.4, -0.2) is 6.54 Å². The molecule has 0 radical (unpaired) electrons. The number of rotatable bonds is 3. The average Bonchev–Trinajstić information content (AvgIpc) is 2.85. The van der Waals surface area contributed by atoms with E-state index in [1.807, 2.05) is 11.4 Å². The highest BCUT2D eigenvalue weighted by Crippen LogP contribution is 2.42. The summed E-state index contributed by atoms with van der Waals surface area (Å²) in [6.07, 6.45) is 0.837. The van der Waals surface area contributed by atoms with Crippen molar-refractivity contribution in [2.45, 2.75) is 25.5 Å². The van der Waals surface area contributed by atoms with Crippen molar-refractivity contribution in [2.75, 3.05) is 6.54 Å². The molecule has 2 atom stereocenters. The van der Waals surface area contributed by atoms with Gasteiger partial charge in [-0.3, -0.25) is 0 Å². The maximum Gasteiger partial charge on any atom is 0.135 e. The molecule has 1 N–H and O–H groups in total. The Morgan fingerprint density at radius 1 is 1.45 bits per heavy atom. The minimum absolute atomic E-state index is 0.0235. The first-order chi connectivity index (χ1) is 9.67. The predicted octanol–water partition coefficient (Wildman–Crippen LogP) is 4.82. The first-order valence-corrected chi connectivity index (χ1v) is 8.28. The van der Waals surface area contributed by atoms with Crippen LogP contribution in [0.3, 0.4) is 0 Å². The summed E-state index contributed by atoms with van der Waals surface area (Å²) in [5.74, 6) is 0.392. The zero-order valence-corrected chi connectivity index (χ0v) is 13.4. The highest BCUT2D eigenvalue weighted by Gasteiger charge is 2.29. The number of thiophene rings is 1. The Bertz CT molecular complexity index is 616. The van der Waals surface area contributed by atoms with Gasteiger partial charge in [-0.2, -0.15) is 0 Å². The van der Waals surface area contributed by atoms with Gasteiger partial charge in [0, 0.05) is 38.8 Å². The zero-order chi connectivity index (χ0) is 14.1. The zero-order valence-electron chi connectivity index (χ0n) is 11.0. The van der Waals surface area contributed by atoms with Gasteiger partial charge in [0.05, 0.1) is 0 Å². The molecular weight excluding hydrogens is 341 g/mol. The molecule has 20 heavy (non-hydrogen) atoms. The summed E-state index contributed by atoms with van der Waals surface area (Å²) >= 11 is 5.13.